The predicted molar refractivity (Wildman–Crippen MR) is 70.0 cm³/mol. The van der Waals surface area contributed by atoms with Crippen LogP contribution in [0.3, 0.4) is 0 Å². The Kier molecular flexibility index (Phi) is 3.29. The highest BCUT2D eigenvalue weighted by Crippen LogP contribution is 2.21. The average molecular weight is 262 g/mol. The normalized spacial score (nSPS) is 20.4. The lowest BCUT2D eigenvalue weighted by Gasteiger charge is -2.37. The number of anilines is 1. The summed E-state index contributed by atoms with van der Waals surface area (Å²) in [4.78, 5) is 2.30. The van der Waals surface area contributed by atoms with Crippen molar-refractivity contribution in [3.05, 3.63) is 12.1 Å². The molecule has 3 rings (SSSR count). The Bertz CT molecular complexity index is 554. The van der Waals surface area contributed by atoms with E-state index in [1.807, 2.05) is 12.1 Å². The van der Waals surface area contributed by atoms with E-state index in [0.717, 1.165) is 32.0 Å². The molecule has 19 heavy (non-hydrogen) atoms. The van der Waals surface area contributed by atoms with Crippen LogP contribution in [0.15, 0.2) is 12.1 Å². The Hall–Kier alpha value is -1.76. The fourth-order valence-electron chi connectivity index (χ4n) is 2.49. The number of aromatic nitrogens is 5. The number of ether oxygens (including phenoxy) is 1. The first-order valence-corrected chi connectivity index (χ1v) is 6.64. The van der Waals surface area contributed by atoms with Crippen molar-refractivity contribution in [2.45, 2.75) is 26.3 Å². The topological polar surface area (TPSA) is 68.4 Å². The van der Waals surface area contributed by atoms with Crippen molar-refractivity contribution in [3.63, 3.8) is 0 Å². The minimum Gasteiger partial charge on any atom is -0.377 e. The van der Waals surface area contributed by atoms with E-state index in [2.05, 4.69) is 39.4 Å². The molecule has 0 bridgehead atoms. The molecule has 1 atom stereocenters. The first-order valence-electron chi connectivity index (χ1n) is 6.64. The van der Waals surface area contributed by atoms with Crippen LogP contribution in [0.5, 0.6) is 0 Å². The zero-order valence-corrected chi connectivity index (χ0v) is 11.2. The summed E-state index contributed by atoms with van der Waals surface area (Å²) in [6.45, 7) is 6.81. The minimum atomic E-state index is 0.371. The lowest BCUT2D eigenvalue weighted by Crippen LogP contribution is -2.46. The smallest absolute Gasteiger partial charge is 0.200 e. The van der Waals surface area contributed by atoms with E-state index in [1.165, 1.54) is 4.63 Å². The summed E-state index contributed by atoms with van der Waals surface area (Å²) in [5.74, 6) is 1.54. The third-order valence-electron chi connectivity index (χ3n) is 3.32. The molecule has 7 heteroatoms. The summed E-state index contributed by atoms with van der Waals surface area (Å²) in [7, 11) is 0. The van der Waals surface area contributed by atoms with Crippen molar-refractivity contribution in [2.75, 3.05) is 24.7 Å². The highest BCUT2D eigenvalue weighted by atomic mass is 16.5. The lowest BCUT2D eigenvalue weighted by atomic mass is 10.0. The van der Waals surface area contributed by atoms with Gasteiger partial charge in [-0.15, -0.1) is 14.8 Å². The Morgan fingerprint density at radius 2 is 2.32 bits per heavy atom. The van der Waals surface area contributed by atoms with Gasteiger partial charge in [-0.25, -0.2) is 0 Å². The zero-order chi connectivity index (χ0) is 13.2. The molecular formula is C12H18N6O. The second-order valence-corrected chi connectivity index (χ2v) is 5.27. The lowest BCUT2D eigenvalue weighted by molar-refractivity contribution is 0.0872. The Labute approximate surface area is 111 Å². The molecule has 102 valence electrons. The highest BCUT2D eigenvalue weighted by molar-refractivity contribution is 5.45. The standard InChI is InChI=1S/C12H18N6O/c1-9(2)7-10-8-19-6-5-17(10)12-4-3-11-13-15-16-18(11)14-12/h3-4,9-10H,5-8H2,1-2H3. The number of hydrogen-bond acceptors (Lipinski definition) is 6. The predicted octanol–water partition coefficient (Wildman–Crippen LogP) is 0.771. The molecule has 0 radical (unpaired) electrons. The van der Waals surface area contributed by atoms with Crippen LogP contribution in [0, 0.1) is 5.92 Å². The molecule has 7 nitrogen and oxygen atoms in total. The second-order valence-electron chi connectivity index (χ2n) is 5.27. The third kappa shape index (κ3) is 2.51. The third-order valence-corrected chi connectivity index (χ3v) is 3.32. The van der Waals surface area contributed by atoms with Crippen LogP contribution < -0.4 is 4.90 Å². The van der Waals surface area contributed by atoms with Gasteiger partial charge in [0.25, 0.3) is 0 Å². The van der Waals surface area contributed by atoms with E-state index in [1.54, 1.807) is 0 Å². The molecule has 0 aliphatic carbocycles. The Balaban J connectivity index is 1.88. The Morgan fingerprint density at radius 3 is 3.16 bits per heavy atom. The van der Waals surface area contributed by atoms with Crippen molar-refractivity contribution in [2.24, 2.45) is 5.92 Å². The average Bonchev–Trinajstić information content (AvgIpc) is 2.86. The largest absolute Gasteiger partial charge is 0.377 e. The molecule has 0 spiro atoms. The van der Waals surface area contributed by atoms with E-state index in [9.17, 15) is 0 Å². The number of rotatable bonds is 3. The summed E-state index contributed by atoms with van der Waals surface area (Å²) in [5.41, 5.74) is 0.664. The fraction of sp³-hybridized carbons (Fsp3) is 0.667. The molecule has 0 amide bonds. The summed E-state index contributed by atoms with van der Waals surface area (Å²) >= 11 is 0. The first kappa shape index (κ1) is 12.3. The van der Waals surface area contributed by atoms with E-state index in [-0.39, 0.29) is 0 Å². The first-order chi connectivity index (χ1) is 9.24. The number of tetrazole rings is 1. The number of morpholine rings is 1. The van der Waals surface area contributed by atoms with Crippen molar-refractivity contribution in [3.8, 4) is 0 Å². The molecule has 1 aliphatic rings. The van der Waals surface area contributed by atoms with Gasteiger partial charge in [0, 0.05) is 6.54 Å². The molecule has 1 fully saturated rings. The van der Waals surface area contributed by atoms with Gasteiger partial charge in [0.15, 0.2) is 11.5 Å². The number of fused-ring (bicyclic) bond motifs is 1. The molecule has 2 aromatic heterocycles. The maximum Gasteiger partial charge on any atom is 0.200 e. The van der Waals surface area contributed by atoms with Crippen molar-refractivity contribution < 1.29 is 4.74 Å². The SMILES string of the molecule is CC(C)CC1COCCN1c1ccc2nnnn2n1. The van der Waals surface area contributed by atoms with Crippen molar-refractivity contribution in [1.29, 1.82) is 0 Å². The van der Waals surface area contributed by atoms with Crippen LogP contribution in [-0.4, -0.2) is 51.1 Å². The molecule has 2 aromatic rings. The van der Waals surface area contributed by atoms with E-state index < -0.39 is 0 Å². The molecule has 0 saturated carbocycles. The van der Waals surface area contributed by atoms with Crippen molar-refractivity contribution in [1.82, 2.24) is 25.3 Å². The summed E-state index contributed by atoms with van der Waals surface area (Å²) in [5, 5.41) is 15.8. The summed E-state index contributed by atoms with van der Waals surface area (Å²) in [6.07, 6.45) is 1.09. The molecule has 1 aliphatic heterocycles. The molecule has 0 aromatic carbocycles. The van der Waals surface area contributed by atoms with Crippen LogP contribution in [-0.2, 0) is 4.74 Å². The molecule has 0 N–H and O–H groups in total. The highest BCUT2D eigenvalue weighted by Gasteiger charge is 2.25. The van der Waals surface area contributed by atoms with Gasteiger partial charge in [0.05, 0.1) is 19.3 Å². The van der Waals surface area contributed by atoms with Crippen LogP contribution in [0.25, 0.3) is 5.65 Å². The van der Waals surface area contributed by atoms with E-state index in [0.29, 0.717) is 17.6 Å². The van der Waals surface area contributed by atoms with Gasteiger partial charge in [0.1, 0.15) is 0 Å². The van der Waals surface area contributed by atoms with Gasteiger partial charge in [-0.2, -0.15) is 0 Å². The maximum atomic E-state index is 5.59. The molecular weight excluding hydrogens is 244 g/mol. The van der Waals surface area contributed by atoms with Gasteiger partial charge < -0.3 is 9.64 Å². The Morgan fingerprint density at radius 1 is 1.42 bits per heavy atom. The number of nitrogens with zero attached hydrogens (tertiary/aromatic N) is 6. The van der Waals surface area contributed by atoms with Crippen LogP contribution >= 0.6 is 0 Å². The molecule has 1 unspecified atom stereocenters. The van der Waals surface area contributed by atoms with E-state index >= 15 is 0 Å². The van der Waals surface area contributed by atoms with Gasteiger partial charge in [0.2, 0.25) is 0 Å². The van der Waals surface area contributed by atoms with Gasteiger partial charge in [-0.1, -0.05) is 13.8 Å². The quantitative estimate of drug-likeness (QED) is 0.814. The van der Waals surface area contributed by atoms with Crippen LogP contribution in [0.1, 0.15) is 20.3 Å². The van der Waals surface area contributed by atoms with Gasteiger partial charge in [-0.3, -0.25) is 0 Å². The monoisotopic (exact) mass is 262 g/mol. The zero-order valence-electron chi connectivity index (χ0n) is 11.2. The van der Waals surface area contributed by atoms with Gasteiger partial charge >= 0.3 is 0 Å². The molecule has 3 heterocycles. The van der Waals surface area contributed by atoms with Crippen LogP contribution in [0.2, 0.25) is 0 Å². The molecule has 1 saturated heterocycles. The fourth-order valence-corrected chi connectivity index (χ4v) is 2.49. The summed E-state index contributed by atoms with van der Waals surface area (Å²) < 4.78 is 7.06. The maximum absolute atomic E-state index is 5.59. The second kappa shape index (κ2) is 5.08. The van der Waals surface area contributed by atoms with E-state index in [4.69, 9.17) is 4.74 Å². The van der Waals surface area contributed by atoms with Gasteiger partial charge in [-0.05, 0) is 34.9 Å². The number of hydrogen-bond donors (Lipinski definition) is 0. The van der Waals surface area contributed by atoms with Crippen LogP contribution in [0.4, 0.5) is 5.82 Å². The summed E-state index contributed by atoms with van der Waals surface area (Å²) in [6, 6.07) is 4.24. The minimum absolute atomic E-state index is 0.371. The van der Waals surface area contributed by atoms with Crippen molar-refractivity contribution >= 4 is 11.5 Å².